The molecule has 3 rings (SSSR count). The quantitative estimate of drug-likeness (QED) is 0.739. The van der Waals surface area contributed by atoms with Crippen LogP contribution in [-0.2, 0) is 16.4 Å². The van der Waals surface area contributed by atoms with Gasteiger partial charge in [-0.25, -0.2) is 13.1 Å². The summed E-state index contributed by atoms with van der Waals surface area (Å²) in [4.78, 5) is 15.6. The van der Waals surface area contributed by atoms with E-state index in [0.717, 1.165) is 17.1 Å². The molecular weight excluding hydrogens is 322 g/mol. The van der Waals surface area contributed by atoms with Crippen molar-refractivity contribution in [1.82, 2.24) is 14.1 Å². The van der Waals surface area contributed by atoms with Gasteiger partial charge in [-0.05, 0) is 53.8 Å². The molecular formula is C14H13N3O3S2. The lowest BCUT2D eigenvalue weighted by Crippen LogP contribution is -2.26. The molecule has 0 unspecified atom stereocenters. The molecule has 3 aromatic rings. The highest BCUT2D eigenvalue weighted by Crippen LogP contribution is 2.16. The van der Waals surface area contributed by atoms with E-state index >= 15 is 0 Å². The maximum atomic E-state index is 12.3. The first-order chi connectivity index (χ1) is 10.6. The molecule has 0 saturated carbocycles. The minimum Gasteiger partial charge on any atom is -0.307 e. The Morgan fingerprint density at radius 3 is 2.73 bits per heavy atom. The lowest BCUT2D eigenvalue weighted by atomic mass is 10.2. The number of fused-ring (bicyclic) bond motifs is 1. The molecule has 0 aliphatic rings. The Labute approximate surface area is 131 Å². The second kappa shape index (κ2) is 5.99. The van der Waals surface area contributed by atoms with E-state index in [1.165, 1.54) is 12.1 Å². The molecule has 6 nitrogen and oxygen atoms in total. The number of hydrogen-bond acceptors (Lipinski definition) is 5. The van der Waals surface area contributed by atoms with Gasteiger partial charge in [-0.1, -0.05) is 0 Å². The summed E-state index contributed by atoms with van der Waals surface area (Å²) >= 11 is 0.950. The first-order valence-corrected chi connectivity index (χ1v) is 8.86. The summed E-state index contributed by atoms with van der Waals surface area (Å²) in [6, 6.07) is 8.17. The summed E-state index contributed by atoms with van der Waals surface area (Å²) in [5.74, 6) is 0. The van der Waals surface area contributed by atoms with E-state index in [1.54, 1.807) is 18.5 Å². The van der Waals surface area contributed by atoms with Crippen molar-refractivity contribution in [1.29, 1.82) is 0 Å². The van der Waals surface area contributed by atoms with Crippen molar-refractivity contribution in [3.05, 3.63) is 57.8 Å². The first kappa shape index (κ1) is 14.9. The number of aromatic amines is 1. The number of sulfonamides is 1. The molecule has 1 aromatic carbocycles. The number of nitrogens with zero attached hydrogens (tertiary/aromatic N) is 1. The number of aromatic nitrogens is 2. The summed E-state index contributed by atoms with van der Waals surface area (Å²) in [6.45, 7) is 0.282. The number of H-pyrrole nitrogens is 1. The van der Waals surface area contributed by atoms with Crippen LogP contribution in [0.5, 0.6) is 0 Å². The summed E-state index contributed by atoms with van der Waals surface area (Å²) in [7, 11) is -3.63. The lowest BCUT2D eigenvalue weighted by Gasteiger charge is -2.06. The standard InChI is InChI=1S/C14H13N3O3S2/c18-14-12-9-11(1-2-13(12)17-21-14)22(19,20)16-8-5-10-3-6-15-7-4-10/h1-4,6-7,9,16-17H,5,8H2. The summed E-state index contributed by atoms with van der Waals surface area (Å²) in [6.07, 6.45) is 3.91. The van der Waals surface area contributed by atoms with E-state index in [1.807, 2.05) is 12.1 Å². The zero-order valence-corrected chi connectivity index (χ0v) is 13.1. The second-order valence-corrected chi connectivity index (χ2v) is 7.25. The van der Waals surface area contributed by atoms with Crippen LogP contribution in [-0.4, -0.2) is 24.3 Å². The normalized spacial score (nSPS) is 11.8. The molecule has 0 atom stereocenters. The van der Waals surface area contributed by atoms with Crippen molar-refractivity contribution in [2.24, 2.45) is 0 Å². The van der Waals surface area contributed by atoms with Crippen LogP contribution in [0.2, 0.25) is 0 Å². The zero-order valence-electron chi connectivity index (χ0n) is 11.4. The van der Waals surface area contributed by atoms with Gasteiger partial charge in [-0.2, -0.15) is 0 Å². The predicted octanol–water partition coefficient (Wildman–Crippen LogP) is 1.51. The van der Waals surface area contributed by atoms with Crippen molar-refractivity contribution in [3.63, 3.8) is 0 Å². The molecule has 0 aliphatic carbocycles. The van der Waals surface area contributed by atoms with Crippen LogP contribution in [0.3, 0.4) is 0 Å². The number of hydrogen-bond donors (Lipinski definition) is 2. The van der Waals surface area contributed by atoms with Crippen LogP contribution in [0.25, 0.3) is 10.9 Å². The van der Waals surface area contributed by atoms with Crippen molar-refractivity contribution in [2.75, 3.05) is 6.54 Å². The monoisotopic (exact) mass is 335 g/mol. The van der Waals surface area contributed by atoms with E-state index in [9.17, 15) is 13.2 Å². The van der Waals surface area contributed by atoms with Gasteiger partial charge in [-0.3, -0.25) is 9.78 Å². The Morgan fingerprint density at radius 1 is 1.18 bits per heavy atom. The molecule has 0 saturated heterocycles. The van der Waals surface area contributed by atoms with Gasteiger partial charge in [0.2, 0.25) is 10.0 Å². The third-order valence-corrected chi connectivity index (χ3v) is 5.42. The van der Waals surface area contributed by atoms with Crippen molar-refractivity contribution in [2.45, 2.75) is 11.3 Å². The fraction of sp³-hybridized carbons (Fsp3) is 0.143. The number of benzene rings is 1. The molecule has 22 heavy (non-hydrogen) atoms. The van der Waals surface area contributed by atoms with Gasteiger partial charge < -0.3 is 4.37 Å². The van der Waals surface area contributed by atoms with E-state index in [0.29, 0.717) is 17.3 Å². The summed E-state index contributed by atoms with van der Waals surface area (Å²) in [5.41, 5.74) is 1.65. The Bertz CT molecular complexity index is 946. The van der Waals surface area contributed by atoms with Crippen LogP contribution in [0, 0.1) is 0 Å². The highest BCUT2D eigenvalue weighted by atomic mass is 32.2. The fourth-order valence-corrected chi connectivity index (χ4v) is 3.78. The van der Waals surface area contributed by atoms with Crippen LogP contribution in [0.4, 0.5) is 0 Å². The minimum absolute atomic E-state index is 0.0960. The molecule has 0 fully saturated rings. The second-order valence-electron chi connectivity index (χ2n) is 4.70. The molecule has 0 aliphatic heterocycles. The van der Waals surface area contributed by atoms with E-state index in [-0.39, 0.29) is 16.2 Å². The summed E-state index contributed by atoms with van der Waals surface area (Å²) in [5, 5.41) is 0.391. The van der Waals surface area contributed by atoms with Crippen molar-refractivity contribution < 1.29 is 8.42 Å². The highest BCUT2D eigenvalue weighted by Gasteiger charge is 2.15. The average Bonchev–Trinajstić information content (AvgIpc) is 2.89. The Hall–Kier alpha value is -2.03. The third kappa shape index (κ3) is 3.08. The predicted molar refractivity (Wildman–Crippen MR) is 85.6 cm³/mol. The van der Waals surface area contributed by atoms with E-state index < -0.39 is 10.0 Å². The zero-order chi connectivity index (χ0) is 15.6. The maximum absolute atomic E-state index is 12.3. The van der Waals surface area contributed by atoms with Gasteiger partial charge in [0.25, 0.3) is 4.74 Å². The molecule has 2 aromatic heterocycles. The smallest absolute Gasteiger partial charge is 0.257 e. The van der Waals surface area contributed by atoms with Gasteiger partial charge in [0.15, 0.2) is 0 Å². The fourth-order valence-electron chi connectivity index (χ4n) is 2.07. The summed E-state index contributed by atoms with van der Waals surface area (Å²) < 4.78 is 29.7. The van der Waals surface area contributed by atoms with Gasteiger partial charge in [0, 0.05) is 18.9 Å². The first-order valence-electron chi connectivity index (χ1n) is 6.56. The molecule has 0 spiro atoms. The third-order valence-electron chi connectivity index (χ3n) is 3.23. The molecule has 2 heterocycles. The van der Waals surface area contributed by atoms with Crippen LogP contribution >= 0.6 is 11.5 Å². The lowest BCUT2D eigenvalue weighted by molar-refractivity contribution is 0.582. The number of rotatable bonds is 5. The Kier molecular flexibility index (Phi) is 4.06. The van der Waals surface area contributed by atoms with E-state index in [2.05, 4.69) is 14.1 Å². The molecule has 2 N–H and O–H groups in total. The van der Waals surface area contributed by atoms with Gasteiger partial charge in [-0.15, -0.1) is 0 Å². The Balaban J connectivity index is 1.76. The topological polar surface area (TPSA) is 91.9 Å². The SMILES string of the molecule is O=c1s[nH]c2ccc(S(=O)(=O)NCCc3ccncc3)cc12. The van der Waals surface area contributed by atoms with Crippen molar-refractivity contribution in [3.8, 4) is 0 Å². The maximum Gasteiger partial charge on any atom is 0.257 e. The van der Waals surface area contributed by atoms with Crippen molar-refractivity contribution >= 4 is 32.5 Å². The van der Waals surface area contributed by atoms with E-state index in [4.69, 9.17) is 0 Å². The molecule has 0 bridgehead atoms. The van der Waals surface area contributed by atoms with Gasteiger partial charge >= 0.3 is 0 Å². The number of nitrogens with one attached hydrogen (secondary N) is 2. The average molecular weight is 335 g/mol. The van der Waals surface area contributed by atoms with Crippen LogP contribution in [0.1, 0.15) is 5.56 Å². The largest absolute Gasteiger partial charge is 0.307 e. The molecule has 0 amide bonds. The molecule has 0 radical (unpaired) electrons. The van der Waals surface area contributed by atoms with Gasteiger partial charge in [0.1, 0.15) is 0 Å². The minimum atomic E-state index is -3.63. The molecule has 114 valence electrons. The van der Waals surface area contributed by atoms with Crippen LogP contribution < -0.4 is 9.46 Å². The van der Waals surface area contributed by atoms with Gasteiger partial charge in [0.05, 0.1) is 15.8 Å². The highest BCUT2D eigenvalue weighted by molar-refractivity contribution is 7.89. The Morgan fingerprint density at radius 2 is 1.95 bits per heavy atom. The number of pyridine rings is 1. The van der Waals surface area contributed by atoms with Crippen LogP contribution in [0.15, 0.2) is 52.4 Å². The molecule has 8 heteroatoms.